The monoisotopic (exact) mass is 321 g/mol. The van der Waals surface area contributed by atoms with Crippen LogP contribution >= 0.6 is 23.4 Å². The maximum atomic E-state index is 6.17. The molecule has 0 aliphatic heterocycles. The Labute approximate surface area is 135 Å². The molecule has 2 rings (SSSR count). The van der Waals surface area contributed by atoms with E-state index in [0.29, 0.717) is 0 Å². The van der Waals surface area contributed by atoms with Crippen molar-refractivity contribution in [1.29, 1.82) is 0 Å². The summed E-state index contributed by atoms with van der Waals surface area (Å²) in [5.41, 5.74) is 3.29. The van der Waals surface area contributed by atoms with Gasteiger partial charge in [0.1, 0.15) is 5.82 Å². The molecule has 0 saturated carbocycles. The molecular weight excluding hydrogens is 302 g/mol. The van der Waals surface area contributed by atoms with Gasteiger partial charge in [-0.25, -0.2) is 9.97 Å². The van der Waals surface area contributed by atoms with Crippen molar-refractivity contribution in [3.8, 4) is 0 Å². The van der Waals surface area contributed by atoms with E-state index < -0.39 is 0 Å². The number of hydrogen-bond acceptors (Lipinski definition) is 4. The van der Waals surface area contributed by atoms with Gasteiger partial charge in [0.05, 0.1) is 0 Å². The Hall–Kier alpha value is -1.26. The van der Waals surface area contributed by atoms with E-state index in [4.69, 9.17) is 11.6 Å². The zero-order chi connectivity index (χ0) is 15.2. The van der Waals surface area contributed by atoms with Gasteiger partial charge in [-0.2, -0.15) is 0 Å². The van der Waals surface area contributed by atoms with Crippen LogP contribution in [0, 0.1) is 13.8 Å². The Balaban J connectivity index is 2.04. The van der Waals surface area contributed by atoms with Gasteiger partial charge in [0.2, 0.25) is 0 Å². The fourth-order valence-electron chi connectivity index (χ4n) is 1.99. The van der Waals surface area contributed by atoms with Crippen LogP contribution in [-0.4, -0.2) is 22.3 Å². The van der Waals surface area contributed by atoms with Crippen LogP contribution in [-0.2, 0) is 6.42 Å². The summed E-state index contributed by atoms with van der Waals surface area (Å²) in [6, 6.07) is 7.94. The van der Waals surface area contributed by atoms with Crippen molar-refractivity contribution >= 4 is 29.2 Å². The van der Waals surface area contributed by atoms with E-state index in [0.717, 1.165) is 51.5 Å². The highest BCUT2D eigenvalue weighted by molar-refractivity contribution is 7.99. The standard InChI is InChI=1S/C16H20ClN3S/c1-4-21-16-19-12(3)11(2)15(20-16)18-10-9-13-7-5-6-8-14(13)17/h5-8H,4,9-10H2,1-3H3,(H,18,19,20). The van der Waals surface area contributed by atoms with Gasteiger partial charge >= 0.3 is 0 Å². The van der Waals surface area contributed by atoms with E-state index in [1.807, 2.05) is 32.0 Å². The van der Waals surface area contributed by atoms with Crippen LogP contribution in [0.1, 0.15) is 23.7 Å². The highest BCUT2D eigenvalue weighted by Gasteiger charge is 2.08. The van der Waals surface area contributed by atoms with Crippen LogP contribution in [0.5, 0.6) is 0 Å². The van der Waals surface area contributed by atoms with Crippen molar-refractivity contribution in [2.24, 2.45) is 0 Å². The highest BCUT2D eigenvalue weighted by atomic mass is 35.5. The number of halogens is 1. The van der Waals surface area contributed by atoms with Gasteiger partial charge in [-0.3, -0.25) is 0 Å². The zero-order valence-corrected chi connectivity index (χ0v) is 14.2. The van der Waals surface area contributed by atoms with Crippen molar-refractivity contribution in [2.75, 3.05) is 17.6 Å². The van der Waals surface area contributed by atoms with Gasteiger partial charge in [-0.05, 0) is 37.7 Å². The molecule has 0 bridgehead atoms. The van der Waals surface area contributed by atoms with Gasteiger partial charge in [-0.15, -0.1) is 0 Å². The van der Waals surface area contributed by atoms with Gasteiger partial charge in [0.25, 0.3) is 0 Å². The van der Waals surface area contributed by atoms with E-state index in [2.05, 4.69) is 28.3 Å². The van der Waals surface area contributed by atoms with E-state index in [1.165, 1.54) is 0 Å². The molecule has 0 amide bonds. The summed E-state index contributed by atoms with van der Waals surface area (Å²) < 4.78 is 0. The van der Waals surface area contributed by atoms with Crippen LogP contribution in [0.4, 0.5) is 5.82 Å². The van der Waals surface area contributed by atoms with Crippen LogP contribution in [0.3, 0.4) is 0 Å². The summed E-state index contributed by atoms with van der Waals surface area (Å²) in [5, 5.41) is 5.06. The molecule has 0 aliphatic carbocycles. The third-order valence-corrected chi connectivity index (χ3v) is 4.38. The molecule has 0 unspecified atom stereocenters. The minimum Gasteiger partial charge on any atom is -0.369 e. The van der Waals surface area contributed by atoms with Crippen LogP contribution in [0.15, 0.2) is 29.4 Å². The Kier molecular flexibility index (Phi) is 5.88. The zero-order valence-electron chi connectivity index (χ0n) is 12.6. The lowest BCUT2D eigenvalue weighted by Crippen LogP contribution is -2.10. The molecule has 1 N–H and O–H groups in total. The smallest absolute Gasteiger partial charge is 0.189 e. The lowest BCUT2D eigenvalue weighted by molar-refractivity contribution is 0.898. The second-order valence-electron chi connectivity index (χ2n) is 4.77. The normalized spacial score (nSPS) is 10.7. The van der Waals surface area contributed by atoms with E-state index >= 15 is 0 Å². The first kappa shape index (κ1) is 16.1. The van der Waals surface area contributed by atoms with Crippen molar-refractivity contribution in [3.63, 3.8) is 0 Å². The molecule has 0 aliphatic rings. The topological polar surface area (TPSA) is 37.8 Å². The summed E-state index contributed by atoms with van der Waals surface area (Å²) in [6.45, 7) is 6.98. The molecule has 2 aromatic rings. The molecule has 1 aromatic carbocycles. The quantitative estimate of drug-likeness (QED) is 0.627. The molecule has 1 aromatic heterocycles. The number of anilines is 1. The predicted octanol–water partition coefficient (Wildman–Crippen LogP) is 4.51. The maximum Gasteiger partial charge on any atom is 0.189 e. The van der Waals surface area contributed by atoms with Crippen molar-refractivity contribution in [2.45, 2.75) is 32.3 Å². The molecule has 0 spiro atoms. The molecule has 5 heteroatoms. The van der Waals surface area contributed by atoms with E-state index in [-0.39, 0.29) is 0 Å². The molecule has 0 radical (unpaired) electrons. The summed E-state index contributed by atoms with van der Waals surface area (Å²) in [5.74, 6) is 1.90. The fraction of sp³-hybridized carbons (Fsp3) is 0.375. The van der Waals surface area contributed by atoms with Crippen molar-refractivity contribution in [3.05, 3.63) is 46.1 Å². The third-order valence-electron chi connectivity index (χ3n) is 3.29. The highest BCUT2D eigenvalue weighted by Crippen LogP contribution is 2.21. The van der Waals surface area contributed by atoms with Gasteiger partial charge in [0, 0.05) is 22.8 Å². The maximum absolute atomic E-state index is 6.17. The first-order chi connectivity index (χ1) is 10.1. The number of aromatic nitrogens is 2. The van der Waals surface area contributed by atoms with Crippen molar-refractivity contribution < 1.29 is 0 Å². The van der Waals surface area contributed by atoms with Gasteiger partial charge in [-0.1, -0.05) is 48.5 Å². The Morgan fingerprint density at radius 2 is 1.95 bits per heavy atom. The average molecular weight is 322 g/mol. The first-order valence-electron chi connectivity index (χ1n) is 7.07. The summed E-state index contributed by atoms with van der Waals surface area (Å²) in [7, 11) is 0. The number of hydrogen-bond donors (Lipinski definition) is 1. The number of nitrogens with one attached hydrogen (secondary N) is 1. The Morgan fingerprint density at radius 3 is 2.67 bits per heavy atom. The fourth-order valence-corrected chi connectivity index (χ4v) is 2.83. The third kappa shape index (κ3) is 4.35. The molecule has 3 nitrogen and oxygen atoms in total. The average Bonchev–Trinajstić information content (AvgIpc) is 2.46. The number of thioether (sulfide) groups is 1. The number of nitrogens with zero attached hydrogens (tertiary/aromatic N) is 2. The summed E-state index contributed by atoms with van der Waals surface area (Å²) >= 11 is 7.83. The number of benzene rings is 1. The Morgan fingerprint density at radius 1 is 1.19 bits per heavy atom. The van der Waals surface area contributed by atoms with Crippen LogP contribution in [0.2, 0.25) is 5.02 Å². The molecule has 112 valence electrons. The summed E-state index contributed by atoms with van der Waals surface area (Å²) in [6.07, 6.45) is 0.873. The van der Waals surface area contributed by atoms with E-state index in [9.17, 15) is 0 Å². The second-order valence-corrected chi connectivity index (χ2v) is 6.40. The van der Waals surface area contributed by atoms with Crippen LogP contribution in [0.25, 0.3) is 0 Å². The number of rotatable bonds is 6. The minimum absolute atomic E-state index is 0.803. The molecule has 0 saturated heterocycles. The Bertz CT molecular complexity index is 616. The number of aryl methyl sites for hydroxylation is 1. The second kappa shape index (κ2) is 7.66. The molecule has 0 fully saturated rings. The molecule has 21 heavy (non-hydrogen) atoms. The lowest BCUT2D eigenvalue weighted by atomic mass is 10.1. The van der Waals surface area contributed by atoms with Gasteiger partial charge < -0.3 is 5.32 Å². The first-order valence-corrected chi connectivity index (χ1v) is 8.43. The lowest BCUT2D eigenvalue weighted by Gasteiger charge is -2.12. The SMILES string of the molecule is CCSc1nc(C)c(C)c(NCCc2ccccc2Cl)n1. The minimum atomic E-state index is 0.803. The van der Waals surface area contributed by atoms with Gasteiger partial charge in [0.15, 0.2) is 5.16 Å². The molecule has 1 heterocycles. The summed E-state index contributed by atoms with van der Waals surface area (Å²) in [4.78, 5) is 9.08. The van der Waals surface area contributed by atoms with E-state index in [1.54, 1.807) is 11.8 Å². The molecule has 0 atom stereocenters. The van der Waals surface area contributed by atoms with Crippen LogP contribution < -0.4 is 5.32 Å². The molecular formula is C16H20ClN3S. The predicted molar refractivity (Wildman–Crippen MR) is 91.5 cm³/mol. The van der Waals surface area contributed by atoms with Crippen molar-refractivity contribution in [1.82, 2.24) is 9.97 Å². The largest absolute Gasteiger partial charge is 0.369 e.